The smallest absolute Gasteiger partial charge is 0.410 e. The number of rotatable bonds is 3. The molecule has 2 heterocycles. The Hall–Kier alpha value is -2.85. The van der Waals surface area contributed by atoms with Crippen molar-refractivity contribution in [1.29, 1.82) is 0 Å². The molecule has 2 aromatic carbocycles. The quantitative estimate of drug-likeness (QED) is 0.642. The molecule has 1 aromatic heterocycles. The highest BCUT2D eigenvalue weighted by atomic mass is 35.5. The lowest BCUT2D eigenvalue weighted by atomic mass is 9.91. The number of carbonyl (C=O) groups excluding carboxylic acids is 1. The first-order valence-corrected chi connectivity index (χ1v) is 9.27. The Morgan fingerprint density at radius 2 is 1.85 bits per heavy atom. The molecule has 1 aliphatic rings. The van der Waals surface area contributed by atoms with E-state index >= 15 is 0 Å². The van der Waals surface area contributed by atoms with Crippen molar-refractivity contribution in [2.24, 2.45) is 0 Å². The zero-order chi connectivity index (χ0) is 18.6. The molecule has 1 aliphatic heterocycles. The molecule has 0 spiro atoms. The van der Waals surface area contributed by atoms with Crippen molar-refractivity contribution in [3.63, 3.8) is 0 Å². The Balaban J connectivity index is 1.62. The fraction of sp³-hybridized carbons (Fsp3) is 0.182. The third kappa shape index (κ3) is 3.81. The van der Waals surface area contributed by atoms with E-state index in [9.17, 15) is 4.79 Å². The van der Waals surface area contributed by atoms with Crippen molar-refractivity contribution in [1.82, 2.24) is 9.88 Å². The van der Waals surface area contributed by atoms with E-state index in [2.05, 4.69) is 4.98 Å². The molecule has 27 heavy (non-hydrogen) atoms. The monoisotopic (exact) mass is 378 g/mol. The van der Waals surface area contributed by atoms with Crippen LogP contribution < -0.4 is 0 Å². The highest BCUT2D eigenvalue weighted by Crippen LogP contribution is 2.35. The van der Waals surface area contributed by atoms with Crippen molar-refractivity contribution in [2.45, 2.75) is 19.1 Å². The molecule has 0 fully saturated rings. The van der Waals surface area contributed by atoms with Crippen LogP contribution in [0.25, 0.3) is 0 Å². The average Bonchev–Trinajstić information content (AvgIpc) is 2.72. The van der Waals surface area contributed by atoms with E-state index in [1.807, 2.05) is 66.7 Å². The van der Waals surface area contributed by atoms with Crippen LogP contribution in [0.3, 0.4) is 0 Å². The first-order chi connectivity index (χ1) is 13.2. The second kappa shape index (κ2) is 7.80. The number of amides is 1. The van der Waals surface area contributed by atoms with Crippen molar-refractivity contribution in [3.05, 3.63) is 100 Å². The van der Waals surface area contributed by atoms with Crippen molar-refractivity contribution >= 4 is 17.7 Å². The third-order valence-electron chi connectivity index (χ3n) is 4.75. The lowest BCUT2D eigenvalue weighted by Crippen LogP contribution is -2.41. The largest absolute Gasteiger partial charge is 0.445 e. The summed E-state index contributed by atoms with van der Waals surface area (Å²) in [5.41, 5.74) is 4.00. The van der Waals surface area contributed by atoms with E-state index in [-0.39, 0.29) is 18.7 Å². The number of hydrogen-bond donors (Lipinski definition) is 0. The number of carbonyl (C=O) groups is 1. The molecule has 0 N–H and O–H groups in total. The Morgan fingerprint density at radius 3 is 2.63 bits per heavy atom. The van der Waals surface area contributed by atoms with Crippen LogP contribution in [-0.4, -0.2) is 22.5 Å². The van der Waals surface area contributed by atoms with Gasteiger partial charge in [0.15, 0.2) is 0 Å². The molecule has 0 aliphatic carbocycles. The summed E-state index contributed by atoms with van der Waals surface area (Å²) in [6.45, 7) is 0.814. The van der Waals surface area contributed by atoms with Crippen LogP contribution in [0.2, 0.25) is 5.02 Å². The molecular formula is C22H19ClN2O2. The molecule has 4 nitrogen and oxygen atoms in total. The van der Waals surface area contributed by atoms with Gasteiger partial charge in [0.1, 0.15) is 6.61 Å². The minimum absolute atomic E-state index is 0.233. The number of fused-ring (bicyclic) bond motifs is 1. The van der Waals surface area contributed by atoms with E-state index in [1.165, 1.54) is 0 Å². The predicted molar refractivity (Wildman–Crippen MR) is 105 cm³/mol. The summed E-state index contributed by atoms with van der Waals surface area (Å²) in [4.78, 5) is 19.2. The fourth-order valence-electron chi connectivity index (χ4n) is 3.44. The van der Waals surface area contributed by atoms with Crippen molar-refractivity contribution < 1.29 is 9.53 Å². The van der Waals surface area contributed by atoms with Gasteiger partial charge in [0.2, 0.25) is 0 Å². The molecule has 0 saturated carbocycles. The minimum Gasteiger partial charge on any atom is -0.445 e. The van der Waals surface area contributed by atoms with Gasteiger partial charge in [0.05, 0.1) is 6.04 Å². The Labute approximate surface area is 163 Å². The van der Waals surface area contributed by atoms with Crippen LogP contribution in [0.15, 0.2) is 72.9 Å². The molecule has 0 saturated heterocycles. The number of aromatic nitrogens is 1. The number of pyridine rings is 1. The van der Waals surface area contributed by atoms with E-state index in [1.54, 1.807) is 11.1 Å². The van der Waals surface area contributed by atoms with Gasteiger partial charge in [-0.15, -0.1) is 0 Å². The van der Waals surface area contributed by atoms with Gasteiger partial charge < -0.3 is 4.74 Å². The number of halogens is 1. The zero-order valence-corrected chi connectivity index (χ0v) is 15.5. The average molecular weight is 379 g/mol. The van der Waals surface area contributed by atoms with E-state index in [0.717, 1.165) is 22.4 Å². The maximum atomic E-state index is 12.9. The molecule has 1 amide bonds. The second-order valence-corrected chi connectivity index (χ2v) is 6.91. The summed E-state index contributed by atoms with van der Waals surface area (Å²) in [6, 6.07) is 21.0. The van der Waals surface area contributed by atoms with E-state index < -0.39 is 0 Å². The van der Waals surface area contributed by atoms with Crippen molar-refractivity contribution in [3.8, 4) is 0 Å². The number of hydrogen-bond acceptors (Lipinski definition) is 3. The Morgan fingerprint density at radius 1 is 1.07 bits per heavy atom. The van der Waals surface area contributed by atoms with Gasteiger partial charge in [-0.05, 0) is 29.3 Å². The van der Waals surface area contributed by atoms with Gasteiger partial charge in [-0.2, -0.15) is 0 Å². The van der Waals surface area contributed by atoms with Gasteiger partial charge in [-0.1, -0.05) is 60.1 Å². The van der Waals surface area contributed by atoms with Crippen LogP contribution in [-0.2, 0) is 17.8 Å². The predicted octanol–water partition coefficient (Wildman–Crippen LogP) is 5.02. The minimum atomic E-state index is -0.326. The summed E-state index contributed by atoms with van der Waals surface area (Å²) in [5, 5.41) is 0.666. The second-order valence-electron chi connectivity index (χ2n) is 6.48. The topological polar surface area (TPSA) is 42.4 Å². The molecule has 1 unspecified atom stereocenters. The van der Waals surface area contributed by atoms with E-state index in [4.69, 9.17) is 16.3 Å². The lowest BCUT2D eigenvalue weighted by Gasteiger charge is -2.36. The Bertz CT molecular complexity index is 929. The highest BCUT2D eigenvalue weighted by Gasteiger charge is 2.33. The highest BCUT2D eigenvalue weighted by molar-refractivity contribution is 6.30. The fourth-order valence-corrected chi connectivity index (χ4v) is 3.56. The number of benzene rings is 2. The molecule has 0 radical (unpaired) electrons. The van der Waals surface area contributed by atoms with Crippen LogP contribution in [0.1, 0.15) is 28.4 Å². The molecule has 0 bridgehead atoms. The van der Waals surface area contributed by atoms with Gasteiger partial charge in [-0.25, -0.2) is 4.79 Å². The van der Waals surface area contributed by atoms with Crippen molar-refractivity contribution in [2.75, 3.05) is 6.54 Å². The molecule has 3 aromatic rings. The van der Waals surface area contributed by atoms with Crippen LogP contribution >= 0.6 is 11.6 Å². The van der Waals surface area contributed by atoms with Crippen LogP contribution in [0.4, 0.5) is 4.79 Å². The zero-order valence-electron chi connectivity index (χ0n) is 14.7. The first kappa shape index (κ1) is 17.6. The summed E-state index contributed by atoms with van der Waals surface area (Å²) in [7, 11) is 0. The van der Waals surface area contributed by atoms with Crippen LogP contribution in [0.5, 0.6) is 0 Å². The van der Waals surface area contributed by atoms with E-state index in [0.29, 0.717) is 18.0 Å². The molecule has 136 valence electrons. The third-order valence-corrected chi connectivity index (χ3v) is 5.00. The maximum absolute atomic E-state index is 12.9. The first-order valence-electron chi connectivity index (χ1n) is 8.89. The molecule has 1 atom stereocenters. The van der Waals surface area contributed by atoms with Crippen LogP contribution in [0, 0.1) is 0 Å². The van der Waals surface area contributed by atoms with Gasteiger partial charge in [0.25, 0.3) is 0 Å². The summed E-state index contributed by atoms with van der Waals surface area (Å²) in [5.74, 6) is 0. The SMILES string of the molecule is O=C(OCc1ccccc1)N1CCc2ncccc2C1c1ccc(Cl)cc1. The normalized spacial score (nSPS) is 15.9. The molecule has 4 rings (SSSR count). The van der Waals surface area contributed by atoms with Gasteiger partial charge in [0, 0.05) is 35.4 Å². The van der Waals surface area contributed by atoms with Gasteiger partial charge in [-0.3, -0.25) is 9.88 Å². The Kier molecular flexibility index (Phi) is 5.07. The number of ether oxygens (including phenoxy) is 1. The standard InChI is InChI=1S/C22H19ClN2O2/c23-18-10-8-17(9-11-18)21-19-7-4-13-24-20(19)12-14-25(21)22(26)27-15-16-5-2-1-3-6-16/h1-11,13,21H,12,14-15H2. The summed E-state index contributed by atoms with van der Waals surface area (Å²) < 4.78 is 5.60. The number of nitrogens with zero attached hydrogens (tertiary/aromatic N) is 2. The maximum Gasteiger partial charge on any atom is 0.410 e. The molecular weight excluding hydrogens is 360 g/mol. The van der Waals surface area contributed by atoms with Gasteiger partial charge >= 0.3 is 6.09 Å². The lowest BCUT2D eigenvalue weighted by molar-refractivity contribution is 0.0834. The summed E-state index contributed by atoms with van der Waals surface area (Å²) >= 11 is 6.05. The molecule has 5 heteroatoms. The summed E-state index contributed by atoms with van der Waals surface area (Å²) in [6.07, 6.45) is 2.18.